The van der Waals surface area contributed by atoms with Crippen LogP contribution in [0.3, 0.4) is 0 Å². The summed E-state index contributed by atoms with van der Waals surface area (Å²) in [5, 5.41) is 19.0. The maximum Gasteiger partial charge on any atom is 0.312 e. The predicted octanol–water partition coefficient (Wildman–Crippen LogP) is 3.49. The van der Waals surface area contributed by atoms with E-state index in [1.807, 2.05) is 0 Å². The Bertz CT molecular complexity index is 637. The normalized spacial score (nSPS) is 13.4. The number of rotatable bonds is 5. The van der Waals surface area contributed by atoms with Crippen LogP contribution < -0.4 is 0 Å². The van der Waals surface area contributed by atoms with Gasteiger partial charge in [-0.25, -0.2) is 0 Å². The molecule has 2 atom stereocenters. The molecule has 2 unspecified atom stereocenters. The Morgan fingerprint density at radius 1 is 0.762 bits per heavy atom. The van der Waals surface area contributed by atoms with Gasteiger partial charge in [0, 0.05) is 4.47 Å². The maximum absolute atomic E-state index is 11.6. The van der Waals surface area contributed by atoms with Crippen molar-refractivity contribution in [2.24, 2.45) is 0 Å². The molecule has 4 nitrogen and oxygen atoms in total. The van der Waals surface area contributed by atoms with E-state index < -0.39 is 23.8 Å². The average Bonchev–Trinajstić information content (AvgIpc) is 2.46. The Kier molecular flexibility index (Phi) is 4.75. The van der Waals surface area contributed by atoms with Gasteiger partial charge in [-0.15, -0.1) is 0 Å². The van der Waals surface area contributed by atoms with E-state index in [9.17, 15) is 19.8 Å². The van der Waals surface area contributed by atoms with Crippen molar-refractivity contribution < 1.29 is 19.8 Å². The van der Waals surface area contributed by atoms with Gasteiger partial charge >= 0.3 is 11.9 Å². The third-order valence-corrected chi connectivity index (χ3v) is 3.78. The Labute approximate surface area is 130 Å². The van der Waals surface area contributed by atoms with Crippen LogP contribution in [0.1, 0.15) is 23.0 Å². The van der Waals surface area contributed by atoms with E-state index in [2.05, 4.69) is 15.9 Å². The van der Waals surface area contributed by atoms with E-state index in [0.717, 1.165) is 4.47 Å². The molecule has 0 aliphatic heterocycles. The summed E-state index contributed by atoms with van der Waals surface area (Å²) in [6, 6.07) is 15.1. The fraction of sp³-hybridized carbons (Fsp3) is 0.125. The zero-order valence-electron chi connectivity index (χ0n) is 10.9. The summed E-state index contributed by atoms with van der Waals surface area (Å²) in [4.78, 5) is 23.2. The summed E-state index contributed by atoms with van der Waals surface area (Å²) >= 11 is 3.28. The number of hydrogen-bond donors (Lipinski definition) is 2. The van der Waals surface area contributed by atoms with Crippen LogP contribution in [0.5, 0.6) is 0 Å². The molecule has 0 aliphatic rings. The summed E-state index contributed by atoms with van der Waals surface area (Å²) in [5.74, 6) is -4.59. The molecule has 0 spiro atoms. The van der Waals surface area contributed by atoms with Gasteiger partial charge in [-0.3, -0.25) is 9.59 Å². The number of halogens is 1. The predicted molar refractivity (Wildman–Crippen MR) is 81.3 cm³/mol. The van der Waals surface area contributed by atoms with Crippen molar-refractivity contribution in [1.29, 1.82) is 0 Å². The molecule has 5 heteroatoms. The molecule has 0 radical (unpaired) electrons. The SMILES string of the molecule is O=C(O)C(c1ccccc1)C(C(=O)O)c1ccc(Br)cc1. The molecule has 0 bridgehead atoms. The number of aliphatic carboxylic acids is 2. The lowest BCUT2D eigenvalue weighted by molar-refractivity contribution is -0.147. The summed E-state index contributed by atoms with van der Waals surface area (Å²) in [7, 11) is 0. The minimum atomic E-state index is -1.16. The van der Waals surface area contributed by atoms with Gasteiger partial charge in [0.25, 0.3) is 0 Å². The molecular weight excluding hydrogens is 336 g/mol. The van der Waals surface area contributed by atoms with Gasteiger partial charge in [-0.2, -0.15) is 0 Å². The van der Waals surface area contributed by atoms with Crippen LogP contribution in [0.25, 0.3) is 0 Å². The minimum absolute atomic E-state index is 0.460. The first-order valence-corrected chi connectivity index (χ1v) is 7.06. The Hall–Kier alpha value is -2.14. The molecule has 0 heterocycles. The lowest BCUT2D eigenvalue weighted by Crippen LogP contribution is -2.26. The zero-order chi connectivity index (χ0) is 15.4. The van der Waals surface area contributed by atoms with E-state index in [1.54, 1.807) is 54.6 Å². The quantitative estimate of drug-likeness (QED) is 0.867. The van der Waals surface area contributed by atoms with Gasteiger partial charge in [0.05, 0.1) is 11.8 Å². The number of hydrogen-bond acceptors (Lipinski definition) is 2. The highest BCUT2D eigenvalue weighted by atomic mass is 79.9. The first kappa shape index (κ1) is 15.3. The second-order valence-corrected chi connectivity index (χ2v) is 5.51. The smallest absolute Gasteiger partial charge is 0.312 e. The van der Waals surface area contributed by atoms with Gasteiger partial charge in [-0.05, 0) is 23.3 Å². The van der Waals surface area contributed by atoms with Gasteiger partial charge < -0.3 is 10.2 Å². The van der Waals surface area contributed by atoms with Crippen molar-refractivity contribution in [2.45, 2.75) is 11.8 Å². The largest absolute Gasteiger partial charge is 0.481 e. The highest BCUT2D eigenvalue weighted by molar-refractivity contribution is 9.10. The van der Waals surface area contributed by atoms with E-state index >= 15 is 0 Å². The molecule has 21 heavy (non-hydrogen) atoms. The van der Waals surface area contributed by atoms with Gasteiger partial charge in [0.15, 0.2) is 0 Å². The average molecular weight is 349 g/mol. The number of benzene rings is 2. The standard InChI is InChI=1S/C16H13BrO4/c17-12-8-6-11(7-9-12)14(16(20)21)13(15(18)19)10-4-2-1-3-5-10/h1-9,13-14H,(H,18,19)(H,20,21). The van der Waals surface area contributed by atoms with E-state index in [0.29, 0.717) is 11.1 Å². The second-order valence-electron chi connectivity index (χ2n) is 4.59. The second kappa shape index (κ2) is 6.54. The minimum Gasteiger partial charge on any atom is -0.481 e. The van der Waals surface area contributed by atoms with Crippen molar-refractivity contribution in [2.75, 3.05) is 0 Å². The molecule has 108 valence electrons. The van der Waals surface area contributed by atoms with Crippen LogP contribution in [0.15, 0.2) is 59.1 Å². The van der Waals surface area contributed by atoms with Crippen LogP contribution in [-0.4, -0.2) is 22.2 Å². The van der Waals surface area contributed by atoms with Gasteiger partial charge in [-0.1, -0.05) is 58.4 Å². The van der Waals surface area contributed by atoms with E-state index in [4.69, 9.17) is 0 Å². The molecule has 2 aromatic carbocycles. The highest BCUT2D eigenvalue weighted by Crippen LogP contribution is 2.34. The maximum atomic E-state index is 11.6. The Balaban J connectivity index is 2.50. The molecule has 2 aromatic rings. The lowest BCUT2D eigenvalue weighted by atomic mass is 9.81. The van der Waals surface area contributed by atoms with Crippen molar-refractivity contribution in [3.8, 4) is 0 Å². The lowest BCUT2D eigenvalue weighted by Gasteiger charge is -2.21. The van der Waals surface area contributed by atoms with Crippen molar-refractivity contribution in [3.63, 3.8) is 0 Å². The molecule has 2 N–H and O–H groups in total. The number of carboxylic acids is 2. The molecule has 0 aromatic heterocycles. The third kappa shape index (κ3) is 3.49. The summed E-state index contributed by atoms with van der Waals surface area (Å²) < 4.78 is 0.807. The monoisotopic (exact) mass is 348 g/mol. The molecular formula is C16H13BrO4. The fourth-order valence-electron chi connectivity index (χ4n) is 2.29. The van der Waals surface area contributed by atoms with Crippen molar-refractivity contribution in [1.82, 2.24) is 0 Å². The molecule has 0 fully saturated rings. The number of carbonyl (C=O) groups is 2. The first-order chi connectivity index (χ1) is 10.0. The summed E-state index contributed by atoms with van der Waals surface area (Å²) in [6.45, 7) is 0. The molecule has 0 saturated heterocycles. The van der Waals surface area contributed by atoms with Gasteiger partial charge in [0.2, 0.25) is 0 Å². The molecule has 0 aliphatic carbocycles. The molecule has 0 saturated carbocycles. The molecule has 2 rings (SSSR count). The van der Waals surface area contributed by atoms with E-state index in [1.165, 1.54) is 0 Å². The summed E-state index contributed by atoms with van der Waals surface area (Å²) in [6.07, 6.45) is 0. The van der Waals surface area contributed by atoms with Gasteiger partial charge in [0.1, 0.15) is 0 Å². The van der Waals surface area contributed by atoms with E-state index in [-0.39, 0.29) is 0 Å². The fourth-order valence-corrected chi connectivity index (χ4v) is 2.55. The highest BCUT2D eigenvalue weighted by Gasteiger charge is 2.36. The topological polar surface area (TPSA) is 74.6 Å². The Morgan fingerprint density at radius 2 is 1.19 bits per heavy atom. The van der Waals surface area contributed by atoms with Crippen LogP contribution in [-0.2, 0) is 9.59 Å². The van der Waals surface area contributed by atoms with Crippen LogP contribution in [0, 0.1) is 0 Å². The van der Waals surface area contributed by atoms with Crippen molar-refractivity contribution in [3.05, 3.63) is 70.2 Å². The van der Waals surface area contributed by atoms with Crippen molar-refractivity contribution >= 4 is 27.9 Å². The van der Waals surface area contributed by atoms with Crippen LogP contribution in [0.4, 0.5) is 0 Å². The Morgan fingerprint density at radius 3 is 1.62 bits per heavy atom. The van der Waals surface area contributed by atoms with Crippen LogP contribution in [0.2, 0.25) is 0 Å². The zero-order valence-corrected chi connectivity index (χ0v) is 12.5. The first-order valence-electron chi connectivity index (χ1n) is 6.26. The summed E-state index contributed by atoms with van der Waals surface area (Å²) in [5.41, 5.74) is 0.933. The van der Waals surface area contributed by atoms with Crippen LogP contribution >= 0.6 is 15.9 Å². The molecule has 0 amide bonds. The number of carboxylic acid groups (broad SMARTS) is 2. The third-order valence-electron chi connectivity index (χ3n) is 3.25.